The second kappa shape index (κ2) is 20.8. The molecule has 2 bridgehead atoms. The van der Waals surface area contributed by atoms with Crippen LogP contribution in [0.15, 0.2) is 55.5 Å². The first-order chi connectivity index (χ1) is 34.4. The van der Waals surface area contributed by atoms with E-state index in [1.54, 1.807) is 28.8 Å². The molecule has 21 nitrogen and oxygen atoms in total. The molecule has 27 heteroatoms. The molecule has 1 aromatic carbocycles. The van der Waals surface area contributed by atoms with E-state index in [0.29, 0.717) is 30.1 Å². The Labute approximate surface area is 436 Å². The van der Waals surface area contributed by atoms with Crippen LogP contribution in [0.5, 0.6) is 5.88 Å². The Hall–Kier alpha value is -3.52. The van der Waals surface area contributed by atoms with Crippen molar-refractivity contribution in [3.05, 3.63) is 66.6 Å². The van der Waals surface area contributed by atoms with E-state index in [0.717, 1.165) is 17.4 Å². The summed E-state index contributed by atoms with van der Waals surface area (Å²) in [6.45, 7) is 12.6. The number of imidazole rings is 1. The second-order valence-corrected chi connectivity index (χ2v) is 36.7. The maximum Gasteiger partial charge on any atom is 0.327 e. The molecule has 5 aromatic rings. The van der Waals surface area contributed by atoms with Gasteiger partial charge in [-0.15, -0.1) is 0 Å². The van der Waals surface area contributed by atoms with Crippen molar-refractivity contribution in [3.8, 4) is 11.9 Å². The van der Waals surface area contributed by atoms with Crippen molar-refractivity contribution in [1.82, 2.24) is 34.1 Å². The molecule has 2 unspecified atom stereocenters. The predicted octanol–water partition coefficient (Wildman–Crippen LogP) is 8.61. The summed E-state index contributed by atoms with van der Waals surface area (Å²) >= 11 is 12.3. The first kappa shape index (κ1) is 54.3. The van der Waals surface area contributed by atoms with Crippen molar-refractivity contribution in [2.24, 2.45) is 0 Å². The molecule has 0 radical (unpaired) electrons. The first-order valence-electron chi connectivity index (χ1n) is 24.2. The van der Waals surface area contributed by atoms with E-state index in [-0.39, 0.29) is 53.3 Å². The Balaban J connectivity index is 1.14. The zero-order chi connectivity index (χ0) is 52.3. The summed E-state index contributed by atoms with van der Waals surface area (Å²) in [6.07, 6.45) is -0.482. The van der Waals surface area contributed by atoms with Gasteiger partial charge < -0.3 is 51.4 Å². The standard InChI is InChI=1S/C46H63N9O12P2S2Si2/c1-45(2,3)72(7,8)66-35-31-23-60-68(57,70)64-34-30(62-44(37(34)67-73(9,10)46(4,5)6)54-22-29-18-14-20-58-42-32(29)39(54)49-26-51-42)24-61-69(71,59-21-15-19-47)65-36(35)43(63-31)55-27-52-33-38(48-25-50-40(33)55)53-41(56)28-16-12-11-13-17-28/h11-13,16-17,22,25-27,30-31,34-37,43-44H,14-15,18,20-21,23-24H2,1-10H3,(H,57,70)(H,48,50,53,56)/t30-,31-,34-,35-,36-,37-,43-,44-,68?,69?/m1/s1. The number of hydrogen-bond acceptors (Lipinski definition) is 19. The normalized spacial score (nSPS) is 29.3. The molecule has 4 aliphatic rings. The summed E-state index contributed by atoms with van der Waals surface area (Å²) in [7, 11) is -5.42. The highest BCUT2D eigenvalue weighted by Gasteiger charge is 2.57. The van der Waals surface area contributed by atoms with Crippen LogP contribution >= 0.6 is 13.4 Å². The number of rotatable bonds is 11. The third kappa shape index (κ3) is 11.2. The minimum absolute atomic E-state index is 0.0309. The van der Waals surface area contributed by atoms with Gasteiger partial charge in [0.2, 0.25) is 5.88 Å². The smallest absolute Gasteiger partial charge is 0.327 e. The predicted molar refractivity (Wildman–Crippen MR) is 282 cm³/mol. The molecule has 0 aliphatic carbocycles. The van der Waals surface area contributed by atoms with E-state index in [9.17, 15) is 14.9 Å². The topological polar surface area (TPSA) is 240 Å². The van der Waals surface area contributed by atoms with Gasteiger partial charge in [-0.25, -0.2) is 24.9 Å². The maximum atomic E-state index is 13.4. The van der Waals surface area contributed by atoms with Gasteiger partial charge >= 0.3 is 13.4 Å². The van der Waals surface area contributed by atoms with Crippen molar-refractivity contribution in [3.63, 3.8) is 0 Å². The molecule has 0 spiro atoms. The number of ether oxygens (including phenoxy) is 3. The third-order valence-electron chi connectivity index (χ3n) is 14.5. The van der Waals surface area contributed by atoms with Crippen LogP contribution < -0.4 is 10.1 Å². The summed E-state index contributed by atoms with van der Waals surface area (Å²) in [5.41, 5.74) is 2.50. The van der Waals surface area contributed by atoms with Crippen LogP contribution in [0.4, 0.5) is 5.82 Å². The fourth-order valence-electron chi connectivity index (χ4n) is 8.59. The second-order valence-electron chi connectivity index (χ2n) is 21.5. The lowest BCUT2D eigenvalue weighted by Crippen LogP contribution is -2.50. The lowest BCUT2D eigenvalue weighted by Gasteiger charge is -2.41. The number of amides is 1. The van der Waals surface area contributed by atoms with E-state index in [2.05, 4.69) is 99.1 Å². The SMILES string of the molecule is CC(C)(C)[Si](C)(C)O[C@@H]1[C@@H]2OP(O)(=S)OC[C@H]3O[C@@H](n4cnc5c(NC(=O)c6ccccc6)ncnc54)[C@H](OP(=S)(OCCC#N)OC[C@H]2O[C@H]1n1cc2c4c(ncnc41)OCCC2)[C@@H]3O[Si](C)(C)C(C)(C)C. The minimum atomic E-state index is -4.25. The number of carbonyl (C=O) groups excluding carboxylic acids is 1. The lowest BCUT2D eigenvalue weighted by atomic mass is 10.1. The number of nitriles is 1. The Kier molecular flexibility index (Phi) is 15.5. The van der Waals surface area contributed by atoms with Gasteiger partial charge in [-0.3, -0.25) is 18.4 Å². The number of anilines is 1. The van der Waals surface area contributed by atoms with Crippen LogP contribution in [0, 0.1) is 11.3 Å². The number of fused-ring (bicyclic) bond motifs is 4. The van der Waals surface area contributed by atoms with E-state index in [4.69, 9.17) is 74.3 Å². The zero-order valence-electron chi connectivity index (χ0n) is 42.5. The summed E-state index contributed by atoms with van der Waals surface area (Å²) in [6, 6.07) is 10.8. The van der Waals surface area contributed by atoms with Crippen molar-refractivity contribution >= 4 is 87.6 Å². The summed E-state index contributed by atoms with van der Waals surface area (Å²) in [4.78, 5) is 48.5. The number of hydrogen-bond donors (Lipinski definition) is 2. The van der Waals surface area contributed by atoms with Gasteiger partial charge in [0.25, 0.3) is 5.91 Å². The van der Waals surface area contributed by atoms with Crippen LogP contribution in [0.1, 0.15) is 82.8 Å². The van der Waals surface area contributed by atoms with Gasteiger partial charge in [-0.1, -0.05) is 59.7 Å². The molecule has 4 aliphatic heterocycles. The average molecular weight is 1120 g/mol. The molecule has 9 rings (SSSR count). The van der Waals surface area contributed by atoms with Gasteiger partial charge in [-0.2, -0.15) is 5.26 Å². The minimum Gasteiger partial charge on any atom is -0.477 e. The molecule has 2 N–H and O–H groups in total. The van der Waals surface area contributed by atoms with Gasteiger partial charge in [0.15, 0.2) is 46.1 Å². The molecule has 0 saturated carbocycles. The van der Waals surface area contributed by atoms with E-state index in [1.807, 2.05) is 16.8 Å². The highest BCUT2D eigenvalue weighted by Crippen LogP contribution is 2.58. The Morgan fingerprint density at radius 3 is 2.25 bits per heavy atom. The molecule has 3 fully saturated rings. The van der Waals surface area contributed by atoms with Crippen LogP contribution in [0.2, 0.25) is 36.3 Å². The third-order valence-corrected chi connectivity index (χ3v) is 27.3. The molecule has 8 heterocycles. The molecule has 4 aromatic heterocycles. The number of nitrogens with one attached hydrogen (secondary N) is 1. The monoisotopic (exact) mass is 1120 g/mol. The molecule has 394 valence electrons. The Morgan fingerprint density at radius 2 is 1.53 bits per heavy atom. The first-order valence-corrected chi connectivity index (χ1v) is 35.1. The Bertz CT molecular complexity index is 2990. The number of nitrogens with zero attached hydrogens (tertiary/aromatic N) is 8. The van der Waals surface area contributed by atoms with Crippen LogP contribution in [0.3, 0.4) is 0 Å². The number of aromatic nitrogens is 7. The van der Waals surface area contributed by atoms with Crippen molar-refractivity contribution in [1.29, 1.82) is 5.26 Å². The van der Waals surface area contributed by atoms with E-state index in [1.165, 1.54) is 19.0 Å². The van der Waals surface area contributed by atoms with Gasteiger partial charge in [-0.05, 0) is 90.4 Å². The quantitative estimate of drug-likeness (QED) is 0.0714. The number of carbonyl (C=O) groups is 1. The van der Waals surface area contributed by atoms with Crippen molar-refractivity contribution in [2.75, 3.05) is 31.7 Å². The van der Waals surface area contributed by atoms with Gasteiger partial charge in [0.1, 0.15) is 54.9 Å². The molecular weight excluding hydrogens is 1050 g/mol. The number of aryl methyl sites for hydroxylation is 1. The molecular formula is C46H63N9O12P2S2Si2. The number of benzene rings is 1. The summed E-state index contributed by atoms with van der Waals surface area (Å²) in [5, 5.41) is 12.7. The largest absolute Gasteiger partial charge is 0.477 e. The van der Waals surface area contributed by atoms with E-state index >= 15 is 0 Å². The Morgan fingerprint density at radius 1 is 0.863 bits per heavy atom. The highest BCUT2D eigenvalue weighted by molar-refractivity contribution is 8.07. The van der Waals surface area contributed by atoms with Crippen LogP contribution in [0.25, 0.3) is 22.2 Å². The van der Waals surface area contributed by atoms with Gasteiger partial charge in [0.05, 0.1) is 50.6 Å². The molecule has 3 saturated heterocycles. The van der Waals surface area contributed by atoms with Crippen LogP contribution in [-0.2, 0) is 71.0 Å². The molecule has 73 heavy (non-hydrogen) atoms. The molecule has 10 atom stereocenters. The maximum absolute atomic E-state index is 13.4. The molecule has 1 amide bonds. The fraction of sp³-hybridized carbons (Fsp3) is 0.587. The average Bonchev–Trinajstić information content (AvgIpc) is 4.05. The van der Waals surface area contributed by atoms with E-state index < -0.39 is 85.1 Å². The summed E-state index contributed by atoms with van der Waals surface area (Å²) < 4.78 is 71.2. The zero-order valence-corrected chi connectivity index (χ0v) is 47.9. The lowest BCUT2D eigenvalue weighted by molar-refractivity contribution is -0.0619. The highest BCUT2D eigenvalue weighted by atomic mass is 32.5. The van der Waals surface area contributed by atoms with Crippen molar-refractivity contribution in [2.45, 2.75) is 146 Å². The summed E-state index contributed by atoms with van der Waals surface area (Å²) in [5.74, 6) is 0.234. The van der Waals surface area contributed by atoms with Crippen molar-refractivity contribution < 1.29 is 55.4 Å². The van der Waals surface area contributed by atoms with Crippen LogP contribution in [-0.4, -0.2) is 125 Å². The fourth-order valence-corrected chi connectivity index (χ4v) is 14.7. The van der Waals surface area contributed by atoms with Gasteiger partial charge in [0, 0.05) is 11.8 Å².